The number of fused-ring (bicyclic) bond motifs is 1. The Kier molecular flexibility index (Phi) is 6.61. The second-order valence-corrected chi connectivity index (χ2v) is 7.29. The molecule has 1 aliphatic heterocycles. The maximum atomic E-state index is 12.6. The average molecular weight is 408 g/mol. The summed E-state index contributed by atoms with van der Waals surface area (Å²) in [4.78, 5) is 52.1. The lowest BCUT2D eigenvalue weighted by Crippen LogP contribution is -2.43. The summed E-state index contributed by atoms with van der Waals surface area (Å²) in [5, 5.41) is 0. The van der Waals surface area contributed by atoms with E-state index in [1.807, 2.05) is 44.2 Å². The molecule has 7 nitrogen and oxygen atoms in total. The van der Waals surface area contributed by atoms with E-state index in [1.165, 1.54) is 0 Å². The largest absolute Gasteiger partial charge is 0.455 e. The summed E-state index contributed by atoms with van der Waals surface area (Å²) in [7, 11) is 0. The minimum absolute atomic E-state index is 0.0778. The maximum Gasteiger partial charge on any atom is 0.308 e. The monoisotopic (exact) mass is 408 g/mol. The van der Waals surface area contributed by atoms with E-state index in [1.54, 1.807) is 29.2 Å². The first kappa shape index (κ1) is 21.2. The third kappa shape index (κ3) is 4.74. The first-order valence-corrected chi connectivity index (χ1v) is 9.84. The number of hydrogen-bond donors (Lipinski definition) is 0. The van der Waals surface area contributed by atoms with Gasteiger partial charge in [0.05, 0.1) is 12.8 Å². The zero-order chi connectivity index (χ0) is 21.7. The lowest BCUT2D eigenvalue weighted by molar-refractivity contribution is -0.148. The Morgan fingerprint density at radius 3 is 2.40 bits per heavy atom. The molecular formula is C23H24N2O5. The highest BCUT2D eigenvalue weighted by Gasteiger charge is 2.31. The van der Waals surface area contributed by atoms with Gasteiger partial charge in [0.15, 0.2) is 6.61 Å². The zero-order valence-corrected chi connectivity index (χ0v) is 17.0. The highest BCUT2D eigenvalue weighted by Crippen LogP contribution is 2.20. The average Bonchev–Trinajstić information content (AvgIpc) is 2.72. The van der Waals surface area contributed by atoms with E-state index in [0.717, 1.165) is 10.6 Å². The summed E-state index contributed by atoms with van der Waals surface area (Å²) in [6.07, 6.45) is -0.0458. The summed E-state index contributed by atoms with van der Waals surface area (Å²) in [5.74, 6) is -1.75. The predicted molar refractivity (Wildman–Crippen MR) is 111 cm³/mol. The molecule has 0 fully saturated rings. The Morgan fingerprint density at radius 1 is 1.03 bits per heavy atom. The molecule has 2 aromatic rings. The summed E-state index contributed by atoms with van der Waals surface area (Å²) >= 11 is 0. The van der Waals surface area contributed by atoms with Gasteiger partial charge >= 0.3 is 5.97 Å². The Morgan fingerprint density at radius 2 is 1.70 bits per heavy atom. The molecule has 2 aromatic carbocycles. The smallest absolute Gasteiger partial charge is 0.308 e. The highest BCUT2D eigenvalue weighted by atomic mass is 16.5. The number of carbonyl (C=O) groups is 4. The summed E-state index contributed by atoms with van der Waals surface area (Å²) in [6, 6.07) is 15.9. The van der Waals surface area contributed by atoms with Crippen molar-refractivity contribution in [3.05, 3.63) is 65.7 Å². The molecule has 3 rings (SSSR count). The lowest BCUT2D eigenvalue weighted by Gasteiger charge is -2.27. The van der Waals surface area contributed by atoms with Crippen molar-refractivity contribution in [3.63, 3.8) is 0 Å². The fraction of sp³-hybridized carbons (Fsp3) is 0.304. The van der Waals surface area contributed by atoms with E-state index in [2.05, 4.69) is 0 Å². The van der Waals surface area contributed by atoms with E-state index < -0.39 is 18.5 Å². The minimum atomic E-state index is -0.639. The van der Waals surface area contributed by atoms with Gasteiger partial charge in [-0.2, -0.15) is 0 Å². The molecule has 30 heavy (non-hydrogen) atoms. The number of imide groups is 1. The van der Waals surface area contributed by atoms with Crippen molar-refractivity contribution < 1.29 is 23.9 Å². The van der Waals surface area contributed by atoms with Crippen molar-refractivity contribution >= 4 is 29.4 Å². The molecule has 0 N–H and O–H groups in total. The van der Waals surface area contributed by atoms with E-state index >= 15 is 0 Å². The van der Waals surface area contributed by atoms with Crippen LogP contribution in [0, 0.1) is 0 Å². The van der Waals surface area contributed by atoms with Crippen LogP contribution in [0.1, 0.15) is 36.2 Å². The van der Waals surface area contributed by atoms with Crippen molar-refractivity contribution in [2.75, 3.05) is 18.1 Å². The topological polar surface area (TPSA) is 84.0 Å². The molecule has 0 spiro atoms. The van der Waals surface area contributed by atoms with Crippen LogP contribution in [0.15, 0.2) is 54.6 Å². The predicted octanol–water partition coefficient (Wildman–Crippen LogP) is 2.59. The van der Waals surface area contributed by atoms with Crippen molar-refractivity contribution in [2.45, 2.75) is 32.7 Å². The van der Waals surface area contributed by atoms with Gasteiger partial charge in [-0.15, -0.1) is 0 Å². The van der Waals surface area contributed by atoms with Gasteiger partial charge in [-0.3, -0.25) is 24.1 Å². The van der Waals surface area contributed by atoms with Gasteiger partial charge in [-0.1, -0.05) is 36.4 Å². The number of rotatable bonds is 7. The quantitative estimate of drug-likeness (QED) is 0.519. The molecule has 7 heteroatoms. The zero-order valence-electron chi connectivity index (χ0n) is 17.0. The van der Waals surface area contributed by atoms with Gasteiger partial charge in [0, 0.05) is 23.8 Å². The highest BCUT2D eigenvalue weighted by molar-refractivity contribution is 6.09. The van der Waals surface area contributed by atoms with Crippen LogP contribution in [0.5, 0.6) is 0 Å². The molecule has 0 aliphatic carbocycles. The number of anilines is 1. The summed E-state index contributed by atoms with van der Waals surface area (Å²) in [5.41, 5.74) is 1.87. The van der Waals surface area contributed by atoms with Gasteiger partial charge in [0.1, 0.15) is 0 Å². The molecule has 1 aliphatic rings. The van der Waals surface area contributed by atoms with Crippen molar-refractivity contribution in [2.24, 2.45) is 0 Å². The molecule has 1 heterocycles. The van der Waals surface area contributed by atoms with E-state index in [-0.39, 0.29) is 37.2 Å². The Bertz CT molecular complexity index is 955. The number of amides is 3. The number of hydrogen-bond acceptors (Lipinski definition) is 5. The molecule has 0 aromatic heterocycles. The maximum absolute atomic E-state index is 12.6. The van der Waals surface area contributed by atoms with Crippen LogP contribution in [0.25, 0.3) is 0 Å². The SMILES string of the molecule is CC(C)N(C(=O)COC(=O)CCN1C(=O)Cc2ccccc2C1=O)c1ccccc1. The van der Waals surface area contributed by atoms with Crippen molar-refractivity contribution in [3.8, 4) is 0 Å². The molecule has 156 valence electrons. The van der Waals surface area contributed by atoms with Crippen molar-refractivity contribution in [1.82, 2.24) is 4.90 Å². The minimum Gasteiger partial charge on any atom is -0.455 e. The number of benzene rings is 2. The molecule has 0 unspecified atom stereocenters. The molecule has 0 radical (unpaired) electrons. The Hall–Kier alpha value is -3.48. The number of nitrogens with zero attached hydrogens (tertiary/aromatic N) is 2. The van der Waals surface area contributed by atoms with Crippen LogP contribution < -0.4 is 4.90 Å². The van der Waals surface area contributed by atoms with Gasteiger partial charge in [0.2, 0.25) is 5.91 Å². The van der Waals surface area contributed by atoms with Gasteiger partial charge in [-0.05, 0) is 37.6 Å². The number of esters is 1. The summed E-state index contributed by atoms with van der Waals surface area (Å²) in [6.45, 7) is 3.26. The number of ether oxygens (including phenoxy) is 1. The van der Waals surface area contributed by atoms with Gasteiger partial charge in [-0.25, -0.2) is 0 Å². The first-order valence-electron chi connectivity index (χ1n) is 9.84. The first-order chi connectivity index (χ1) is 14.4. The second-order valence-electron chi connectivity index (χ2n) is 7.29. The van der Waals surface area contributed by atoms with E-state index in [4.69, 9.17) is 4.74 Å². The van der Waals surface area contributed by atoms with Crippen LogP contribution in [0.2, 0.25) is 0 Å². The Labute approximate surface area is 175 Å². The number of para-hydroxylation sites is 1. The van der Waals surface area contributed by atoms with E-state index in [9.17, 15) is 19.2 Å². The normalized spacial score (nSPS) is 13.2. The third-order valence-corrected chi connectivity index (χ3v) is 4.85. The van der Waals surface area contributed by atoms with Crippen LogP contribution >= 0.6 is 0 Å². The standard InChI is InChI=1S/C23H24N2O5/c1-16(2)25(18-9-4-3-5-10-18)21(27)15-30-22(28)12-13-24-20(26)14-17-8-6-7-11-19(17)23(24)29/h3-11,16H,12-15H2,1-2H3. The molecule has 3 amide bonds. The van der Waals surface area contributed by atoms with E-state index in [0.29, 0.717) is 11.1 Å². The molecule has 0 saturated heterocycles. The van der Waals surface area contributed by atoms with Gasteiger partial charge in [0.25, 0.3) is 11.8 Å². The second kappa shape index (κ2) is 9.35. The third-order valence-electron chi connectivity index (χ3n) is 4.85. The van der Waals surface area contributed by atoms with Crippen LogP contribution in [-0.4, -0.2) is 47.8 Å². The number of carbonyl (C=O) groups excluding carboxylic acids is 4. The molecule has 0 bridgehead atoms. The van der Waals surface area contributed by atoms with Crippen molar-refractivity contribution in [1.29, 1.82) is 0 Å². The fourth-order valence-corrected chi connectivity index (χ4v) is 3.43. The molecule has 0 saturated carbocycles. The van der Waals surface area contributed by atoms with Crippen LogP contribution in [0.3, 0.4) is 0 Å². The Balaban J connectivity index is 1.54. The fourth-order valence-electron chi connectivity index (χ4n) is 3.43. The molecular weight excluding hydrogens is 384 g/mol. The van der Waals surface area contributed by atoms with Crippen LogP contribution in [0.4, 0.5) is 5.69 Å². The van der Waals surface area contributed by atoms with Gasteiger partial charge < -0.3 is 9.64 Å². The summed E-state index contributed by atoms with van der Waals surface area (Å²) < 4.78 is 5.11. The molecule has 0 atom stereocenters. The lowest BCUT2D eigenvalue weighted by atomic mass is 9.98. The van der Waals surface area contributed by atoms with Crippen LogP contribution in [-0.2, 0) is 25.5 Å².